The fraction of sp³-hybridized carbons (Fsp3) is 0.417. The second-order valence-electron chi connectivity index (χ2n) is 4.15. The maximum atomic E-state index is 12.0. The molecule has 3 nitrogen and oxygen atoms in total. The van der Waals surface area contributed by atoms with Gasteiger partial charge < -0.3 is 10.1 Å². The Morgan fingerprint density at radius 2 is 2.11 bits per heavy atom. The third-order valence-electron chi connectivity index (χ3n) is 2.52. The minimum Gasteiger partial charge on any atom is -0.406 e. The van der Waals surface area contributed by atoms with Gasteiger partial charge in [-0.1, -0.05) is 12.1 Å². The average molecular weight is 259 g/mol. The summed E-state index contributed by atoms with van der Waals surface area (Å²) >= 11 is 0. The number of nitrogens with one attached hydrogen (secondary N) is 1. The number of ether oxygens (including phenoxy) is 1. The van der Waals surface area contributed by atoms with Crippen LogP contribution in [0.5, 0.6) is 5.75 Å². The highest BCUT2D eigenvalue weighted by Crippen LogP contribution is 2.23. The van der Waals surface area contributed by atoms with Gasteiger partial charge >= 0.3 is 6.36 Å². The van der Waals surface area contributed by atoms with Crippen molar-refractivity contribution in [2.45, 2.75) is 25.2 Å². The molecule has 0 bridgehead atoms. The molecular formula is C12H12F3NO2. The van der Waals surface area contributed by atoms with Crippen LogP contribution in [0, 0.1) is 0 Å². The van der Waals surface area contributed by atoms with Gasteiger partial charge in [0, 0.05) is 11.6 Å². The Balaban J connectivity index is 1.98. The van der Waals surface area contributed by atoms with Gasteiger partial charge in [-0.2, -0.15) is 0 Å². The van der Waals surface area contributed by atoms with Gasteiger partial charge in [0.05, 0.1) is 6.54 Å². The van der Waals surface area contributed by atoms with Crippen LogP contribution in [-0.4, -0.2) is 24.7 Å². The number of hydrogen-bond donors (Lipinski definition) is 1. The Morgan fingerprint density at radius 1 is 1.39 bits per heavy atom. The van der Waals surface area contributed by atoms with Crippen molar-refractivity contribution in [3.05, 3.63) is 29.8 Å². The SMILES string of the molecule is O=C(CNC1CC1)c1cccc(OC(F)(F)F)c1. The number of ketones is 1. The van der Waals surface area contributed by atoms with Crippen LogP contribution < -0.4 is 10.1 Å². The molecule has 1 aromatic rings. The van der Waals surface area contributed by atoms with Crippen molar-refractivity contribution in [1.29, 1.82) is 0 Å². The van der Waals surface area contributed by atoms with E-state index in [2.05, 4.69) is 10.1 Å². The molecule has 1 aliphatic carbocycles. The van der Waals surface area contributed by atoms with Crippen LogP contribution in [-0.2, 0) is 0 Å². The molecule has 1 N–H and O–H groups in total. The topological polar surface area (TPSA) is 38.3 Å². The maximum Gasteiger partial charge on any atom is 0.573 e. The molecule has 0 amide bonds. The predicted molar refractivity (Wildman–Crippen MR) is 58.5 cm³/mol. The Kier molecular flexibility index (Phi) is 3.56. The van der Waals surface area contributed by atoms with Gasteiger partial charge in [-0.05, 0) is 25.0 Å². The summed E-state index contributed by atoms with van der Waals surface area (Å²) in [5, 5.41) is 3.01. The lowest BCUT2D eigenvalue weighted by atomic mass is 10.1. The van der Waals surface area contributed by atoms with E-state index in [1.54, 1.807) is 0 Å². The minimum atomic E-state index is -4.74. The van der Waals surface area contributed by atoms with E-state index in [9.17, 15) is 18.0 Å². The third kappa shape index (κ3) is 4.03. The molecule has 0 atom stereocenters. The van der Waals surface area contributed by atoms with Gasteiger partial charge in [-0.15, -0.1) is 13.2 Å². The zero-order chi connectivity index (χ0) is 13.2. The van der Waals surface area contributed by atoms with E-state index >= 15 is 0 Å². The average Bonchev–Trinajstić information content (AvgIpc) is 3.07. The molecule has 98 valence electrons. The highest BCUT2D eigenvalue weighted by Gasteiger charge is 2.31. The summed E-state index contributed by atoms with van der Waals surface area (Å²) in [6.07, 6.45) is -2.65. The molecule has 0 aliphatic heterocycles. The molecular weight excluding hydrogens is 247 g/mol. The van der Waals surface area contributed by atoms with Gasteiger partial charge in [-0.25, -0.2) is 0 Å². The number of carbonyl (C=O) groups excluding carboxylic acids is 1. The van der Waals surface area contributed by atoms with Gasteiger partial charge in [0.2, 0.25) is 0 Å². The first-order chi connectivity index (χ1) is 8.44. The van der Waals surface area contributed by atoms with E-state index in [1.165, 1.54) is 18.2 Å². The first-order valence-corrected chi connectivity index (χ1v) is 5.56. The molecule has 1 saturated carbocycles. The maximum absolute atomic E-state index is 12.0. The van der Waals surface area contributed by atoms with Crippen LogP contribution >= 0.6 is 0 Å². The zero-order valence-corrected chi connectivity index (χ0v) is 9.46. The molecule has 0 spiro atoms. The molecule has 0 saturated heterocycles. The number of benzene rings is 1. The lowest BCUT2D eigenvalue weighted by Gasteiger charge is -2.09. The number of hydrogen-bond acceptors (Lipinski definition) is 3. The summed E-state index contributed by atoms with van der Waals surface area (Å²) < 4.78 is 39.8. The Labute approximate surface area is 102 Å². The van der Waals surface area contributed by atoms with Crippen molar-refractivity contribution in [3.63, 3.8) is 0 Å². The molecule has 0 aromatic heterocycles. The molecule has 1 aromatic carbocycles. The standard InChI is InChI=1S/C12H12F3NO2/c13-12(14,15)18-10-3-1-2-8(6-10)11(17)7-16-9-4-5-9/h1-3,6,9,16H,4-5,7H2. The first kappa shape index (κ1) is 12.9. The summed E-state index contributed by atoms with van der Waals surface area (Å²) in [6.45, 7) is 0.139. The molecule has 0 unspecified atom stereocenters. The van der Waals surface area contributed by atoms with E-state index in [0.717, 1.165) is 18.9 Å². The second kappa shape index (κ2) is 4.97. The van der Waals surface area contributed by atoms with Crippen LogP contribution in [0.2, 0.25) is 0 Å². The minimum absolute atomic E-state index is 0.139. The van der Waals surface area contributed by atoms with Crippen molar-refractivity contribution >= 4 is 5.78 Å². The van der Waals surface area contributed by atoms with Gasteiger partial charge in [0.25, 0.3) is 0 Å². The van der Waals surface area contributed by atoms with Crippen molar-refractivity contribution in [1.82, 2.24) is 5.32 Å². The van der Waals surface area contributed by atoms with Gasteiger partial charge in [-0.3, -0.25) is 4.79 Å². The van der Waals surface area contributed by atoms with E-state index in [-0.39, 0.29) is 23.6 Å². The van der Waals surface area contributed by atoms with Crippen molar-refractivity contribution in [2.75, 3.05) is 6.54 Å². The third-order valence-corrected chi connectivity index (χ3v) is 2.52. The van der Waals surface area contributed by atoms with Crippen molar-refractivity contribution in [2.24, 2.45) is 0 Å². The smallest absolute Gasteiger partial charge is 0.406 e. The first-order valence-electron chi connectivity index (χ1n) is 5.56. The number of alkyl halides is 3. The van der Waals surface area contributed by atoms with E-state index in [0.29, 0.717) is 6.04 Å². The number of rotatable bonds is 5. The molecule has 18 heavy (non-hydrogen) atoms. The fourth-order valence-corrected chi connectivity index (χ4v) is 1.49. The Morgan fingerprint density at radius 3 is 2.72 bits per heavy atom. The highest BCUT2D eigenvalue weighted by molar-refractivity contribution is 5.97. The van der Waals surface area contributed by atoms with Crippen LogP contribution in [0.4, 0.5) is 13.2 Å². The quantitative estimate of drug-likeness (QED) is 0.826. The summed E-state index contributed by atoms with van der Waals surface area (Å²) in [5.74, 6) is -0.616. The zero-order valence-electron chi connectivity index (χ0n) is 9.46. The Bertz CT molecular complexity index is 441. The summed E-state index contributed by atoms with van der Waals surface area (Å²) in [6, 6.07) is 5.48. The Hall–Kier alpha value is -1.56. The summed E-state index contributed by atoms with van der Waals surface area (Å²) in [5.41, 5.74) is 0.213. The molecule has 1 fully saturated rings. The van der Waals surface area contributed by atoms with Crippen LogP contribution in [0.25, 0.3) is 0 Å². The van der Waals surface area contributed by atoms with Crippen molar-refractivity contribution in [3.8, 4) is 5.75 Å². The van der Waals surface area contributed by atoms with Crippen LogP contribution in [0.3, 0.4) is 0 Å². The number of halogens is 3. The van der Waals surface area contributed by atoms with Crippen molar-refractivity contribution < 1.29 is 22.7 Å². The largest absolute Gasteiger partial charge is 0.573 e. The lowest BCUT2D eigenvalue weighted by Crippen LogP contribution is -2.25. The van der Waals surface area contributed by atoms with E-state index in [4.69, 9.17) is 0 Å². The summed E-state index contributed by atoms with van der Waals surface area (Å²) in [4.78, 5) is 11.7. The normalized spacial score (nSPS) is 15.5. The predicted octanol–water partition coefficient (Wildman–Crippen LogP) is 2.52. The van der Waals surface area contributed by atoms with E-state index < -0.39 is 6.36 Å². The van der Waals surface area contributed by atoms with Crippen LogP contribution in [0.15, 0.2) is 24.3 Å². The monoisotopic (exact) mass is 259 g/mol. The molecule has 0 heterocycles. The second-order valence-corrected chi connectivity index (χ2v) is 4.15. The summed E-state index contributed by atoms with van der Waals surface area (Å²) in [7, 11) is 0. The fourth-order valence-electron chi connectivity index (χ4n) is 1.49. The number of carbonyl (C=O) groups is 1. The van der Waals surface area contributed by atoms with Gasteiger partial charge in [0.1, 0.15) is 5.75 Å². The van der Waals surface area contributed by atoms with Gasteiger partial charge in [0.15, 0.2) is 5.78 Å². The molecule has 6 heteroatoms. The number of Topliss-reactive ketones (excluding diaryl/α,β-unsaturated/α-hetero) is 1. The molecule has 0 radical (unpaired) electrons. The van der Waals surface area contributed by atoms with Crippen LogP contribution in [0.1, 0.15) is 23.2 Å². The highest BCUT2D eigenvalue weighted by atomic mass is 19.4. The van der Waals surface area contributed by atoms with E-state index in [1.807, 2.05) is 0 Å². The molecule has 1 aliphatic rings. The molecule has 2 rings (SSSR count). The lowest BCUT2D eigenvalue weighted by molar-refractivity contribution is -0.274.